The van der Waals surface area contributed by atoms with Crippen LogP contribution in [0.3, 0.4) is 0 Å². The summed E-state index contributed by atoms with van der Waals surface area (Å²) in [6.45, 7) is 7.64. The number of hydrogen-bond acceptors (Lipinski definition) is 3. The lowest BCUT2D eigenvalue weighted by atomic mass is 10.0. The molecule has 23 heavy (non-hydrogen) atoms. The maximum absolute atomic E-state index is 12.6. The Kier molecular flexibility index (Phi) is 5.81. The van der Waals surface area contributed by atoms with Crippen LogP contribution in [0.5, 0.6) is 0 Å². The SMILES string of the molecule is CCC(CC)C(=O)N1CCN(S(=O)(=O)c2ccc(C)cc2)CC1. The van der Waals surface area contributed by atoms with E-state index in [-0.39, 0.29) is 11.8 Å². The molecule has 0 radical (unpaired) electrons. The third-order valence-corrected chi connectivity index (χ3v) is 6.46. The summed E-state index contributed by atoms with van der Waals surface area (Å²) in [6.07, 6.45) is 1.66. The van der Waals surface area contributed by atoms with Gasteiger partial charge in [0.2, 0.25) is 15.9 Å². The summed E-state index contributed by atoms with van der Waals surface area (Å²) >= 11 is 0. The number of carbonyl (C=O) groups is 1. The Balaban J connectivity index is 2.03. The summed E-state index contributed by atoms with van der Waals surface area (Å²) in [6, 6.07) is 6.90. The maximum atomic E-state index is 12.6. The molecule has 1 aliphatic heterocycles. The second-order valence-corrected chi connectivity index (χ2v) is 7.99. The van der Waals surface area contributed by atoms with Crippen molar-refractivity contribution in [2.45, 2.75) is 38.5 Å². The highest BCUT2D eigenvalue weighted by atomic mass is 32.2. The molecule has 0 aliphatic carbocycles. The van der Waals surface area contributed by atoms with E-state index in [1.165, 1.54) is 4.31 Å². The Morgan fingerprint density at radius 2 is 1.57 bits per heavy atom. The monoisotopic (exact) mass is 338 g/mol. The predicted octanol–water partition coefficient (Wildman–Crippen LogP) is 2.26. The molecule has 0 atom stereocenters. The fraction of sp³-hybridized carbons (Fsp3) is 0.588. The molecule has 0 spiro atoms. The molecular weight excluding hydrogens is 312 g/mol. The van der Waals surface area contributed by atoms with Crippen LogP contribution in [0, 0.1) is 12.8 Å². The zero-order valence-corrected chi connectivity index (χ0v) is 15.0. The highest BCUT2D eigenvalue weighted by Crippen LogP contribution is 2.20. The fourth-order valence-corrected chi connectivity index (χ4v) is 4.33. The average molecular weight is 338 g/mol. The van der Waals surface area contributed by atoms with Gasteiger partial charge < -0.3 is 4.90 Å². The second kappa shape index (κ2) is 7.45. The van der Waals surface area contributed by atoms with Crippen molar-refractivity contribution in [3.05, 3.63) is 29.8 Å². The van der Waals surface area contributed by atoms with Crippen LogP contribution < -0.4 is 0 Å². The zero-order chi connectivity index (χ0) is 17.0. The van der Waals surface area contributed by atoms with E-state index in [0.717, 1.165) is 18.4 Å². The summed E-state index contributed by atoms with van der Waals surface area (Å²) in [5.74, 6) is 0.206. The van der Waals surface area contributed by atoms with Gasteiger partial charge in [-0.2, -0.15) is 4.31 Å². The standard InChI is InChI=1S/C17H26N2O3S/c1-4-15(5-2)17(20)18-10-12-19(13-11-18)23(21,22)16-8-6-14(3)7-9-16/h6-9,15H,4-5,10-13H2,1-3H3. The minimum absolute atomic E-state index is 0.0512. The number of benzene rings is 1. The van der Waals surface area contributed by atoms with Gasteiger partial charge in [0, 0.05) is 32.1 Å². The van der Waals surface area contributed by atoms with E-state index in [4.69, 9.17) is 0 Å². The molecule has 1 fully saturated rings. The van der Waals surface area contributed by atoms with E-state index >= 15 is 0 Å². The number of nitrogens with zero attached hydrogens (tertiary/aromatic N) is 2. The number of amides is 1. The van der Waals surface area contributed by atoms with Crippen molar-refractivity contribution in [1.29, 1.82) is 0 Å². The molecule has 2 rings (SSSR count). The van der Waals surface area contributed by atoms with Crippen molar-refractivity contribution >= 4 is 15.9 Å². The van der Waals surface area contributed by atoms with Gasteiger partial charge in [-0.15, -0.1) is 0 Å². The summed E-state index contributed by atoms with van der Waals surface area (Å²) in [5.41, 5.74) is 1.03. The van der Waals surface area contributed by atoms with Gasteiger partial charge in [0.1, 0.15) is 0 Å². The average Bonchev–Trinajstić information content (AvgIpc) is 2.56. The zero-order valence-electron chi connectivity index (χ0n) is 14.2. The molecule has 0 bridgehead atoms. The molecule has 1 aromatic carbocycles. The number of piperazine rings is 1. The second-order valence-electron chi connectivity index (χ2n) is 6.06. The smallest absolute Gasteiger partial charge is 0.243 e. The van der Waals surface area contributed by atoms with Gasteiger partial charge in [0.05, 0.1) is 4.90 Å². The number of aryl methyl sites for hydroxylation is 1. The van der Waals surface area contributed by atoms with E-state index in [2.05, 4.69) is 0 Å². The first kappa shape index (κ1) is 17.9. The lowest BCUT2D eigenvalue weighted by molar-refractivity contribution is -0.136. The van der Waals surface area contributed by atoms with Crippen molar-refractivity contribution in [2.75, 3.05) is 26.2 Å². The van der Waals surface area contributed by atoms with Gasteiger partial charge >= 0.3 is 0 Å². The minimum atomic E-state index is -3.46. The van der Waals surface area contributed by atoms with E-state index < -0.39 is 10.0 Å². The van der Waals surface area contributed by atoms with E-state index in [1.54, 1.807) is 29.2 Å². The van der Waals surface area contributed by atoms with Crippen LogP contribution >= 0.6 is 0 Å². The van der Waals surface area contributed by atoms with Crippen LogP contribution in [0.15, 0.2) is 29.2 Å². The number of rotatable bonds is 5. The molecule has 1 saturated heterocycles. The topological polar surface area (TPSA) is 57.7 Å². The molecule has 1 aliphatic rings. The first-order valence-corrected chi connectivity index (χ1v) is 9.69. The normalized spacial score (nSPS) is 16.8. The summed E-state index contributed by atoms with van der Waals surface area (Å²) in [5, 5.41) is 0. The largest absolute Gasteiger partial charge is 0.340 e. The third-order valence-electron chi connectivity index (χ3n) is 4.54. The first-order chi connectivity index (χ1) is 10.9. The Morgan fingerprint density at radius 3 is 2.04 bits per heavy atom. The van der Waals surface area contributed by atoms with E-state index in [1.807, 2.05) is 20.8 Å². The summed E-state index contributed by atoms with van der Waals surface area (Å²) < 4.78 is 26.8. The highest BCUT2D eigenvalue weighted by molar-refractivity contribution is 7.89. The Morgan fingerprint density at radius 1 is 1.04 bits per heavy atom. The van der Waals surface area contributed by atoms with Crippen LogP contribution in [0.2, 0.25) is 0 Å². The molecule has 0 N–H and O–H groups in total. The van der Waals surface area contributed by atoms with Crippen molar-refractivity contribution in [1.82, 2.24) is 9.21 Å². The molecule has 5 nitrogen and oxygen atoms in total. The van der Waals surface area contributed by atoms with Crippen LogP contribution in [0.1, 0.15) is 32.3 Å². The van der Waals surface area contributed by atoms with Gasteiger partial charge in [0.25, 0.3) is 0 Å². The molecule has 0 aromatic heterocycles. The molecule has 1 heterocycles. The Labute approximate surface area is 139 Å². The van der Waals surface area contributed by atoms with E-state index in [0.29, 0.717) is 31.1 Å². The number of hydrogen-bond donors (Lipinski definition) is 0. The molecule has 0 saturated carbocycles. The lowest BCUT2D eigenvalue weighted by Crippen LogP contribution is -2.51. The van der Waals surface area contributed by atoms with Crippen molar-refractivity contribution in [2.24, 2.45) is 5.92 Å². The number of sulfonamides is 1. The third kappa shape index (κ3) is 3.93. The van der Waals surface area contributed by atoms with Crippen LogP contribution in [0.4, 0.5) is 0 Å². The van der Waals surface area contributed by atoms with Crippen LogP contribution in [-0.4, -0.2) is 49.7 Å². The summed E-state index contributed by atoms with van der Waals surface area (Å²) in [4.78, 5) is 14.5. The predicted molar refractivity (Wildman–Crippen MR) is 90.6 cm³/mol. The van der Waals surface area contributed by atoms with Gasteiger partial charge in [-0.3, -0.25) is 4.79 Å². The van der Waals surface area contributed by atoms with Gasteiger partial charge in [-0.25, -0.2) is 8.42 Å². The lowest BCUT2D eigenvalue weighted by Gasteiger charge is -2.35. The summed E-state index contributed by atoms with van der Waals surface area (Å²) in [7, 11) is -3.46. The van der Waals surface area contributed by atoms with Gasteiger partial charge in [-0.05, 0) is 31.9 Å². The molecule has 128 valence electrons. The van der Waals surface area contributed by atoms with Crippen molar-refractivity contribution in [3.63, 3.8) is 0 Å². The van der Waals surface area contributed by atoms with Gasteiger partial charge in [-0.1, -0.05) is 31.5 Å². The molecule has 1 amide bonds. The minimum Gasteiger partial charge on any atom is -0.340 e. The molecular formula is C17H26N2O3S. The quantitative estimate of drug-likeness (QED) is 0.827. The fourth-order valence-electron chi connectivity index (χ4n) is 2.90. The number of carbonyl (C=O) groups excluding carboxylic acids is 1. The van der Waals surface area contributed by atoms with Crippen LogP contribution in [0.25, 0.3) is 0 Å². The van der Waals surface area contributed by atoms with E-state index in [9.17, 15) is 13.2 Å². The van der Waals surface area contributed by atoms with Crippen LogP contribution in [-0.2, 0) is 14.8 Å². The maximum Gasteiger partial charge on any atom is 0.243 e. The van der Waals surface area contributed by atoms with Gasteiger partial charge in [0.15, 0.2) is 0 Å². The highest BCUT2D eigenvalue weighted by Gasteiger charge is 2.31. The Hall–Kier alpha value is -1.40. The van der Waals surface area contributed by atoms with Crippen molar-refractivity contribution in [3.8, 4) is 0 Å². The molecule has 0 unspecified atom stereocenters. The molecule has 6 heteroatoms. The first-order valence-electron chi connectivity index (χ1n) is 8.25. The Bertz CT molecular complexity index is 628. The van der Waals surface area contributed by atoms with Crippen molar-refractivity contribution < 1.29 is 13.2 Å². The molecule has 1 aromatic rings.